The number of esters is 1. The lowest BCUT2D eigenvalue weighted by Crippen LogP contribution is -2.21. The molecule has 122 valence electrons. The number of carbonyl (C=O) groups is 2. The Bertz CT molecular complexity index is 837. The van der Waals surface area contributed by atoms with E-state index in [1.165, 1.54) is 0 Å². The lowest BCUT2D eigenvalue weighted by atomic mass is 10.1. The van der Waals surface area contributed by atoms with Crippen LogP contribution in [-0.2, 0) is 9.53 Å². The van der Waals surface area contributed by atoms with E-state index in [4.69, 9.17) is 9.26 Å². The van der Waals surface area contributed by atoms with Crippen LogP contribution in [0.15, 0.2) is 47.2 Å². The highest BCUT2D eigenvalue weighted by Gasteiger charge is 2.12. The molecule has 2 aromatic heterocycles. The minimum atomic E-state index is -0.590. The molecule has 1 aromatic carbocycles. The normalized spacial score (nSPS) is 10.4. The van der Waals surface area contributed by atoms with Gasteiger partial charge in [-0.05, 0) is 19.1 Å². The van der Waals surface area contributed by atoms with Crippen molar-refractivity contribution in [3.05, 3.63) is 54.0 Å². The van der Waals surface area contributed by atoms with Crippen molar-refractivity contribution in [2.75, 3.05) is 11.9 Å². The summed E-state index contributed by atoms with van der Waals surface area (Å²) in [5.74, 6) is 0.462. The Balaban J connectivity index is 1.54. The lowest BCUT2D eigenvalue weighted by molar-refractivity contribution is -0.119. The van der Waals surface area contributed by atoms with E-state index in [0.29, 0.717) is 17.1 Å². The lowest BCUT2D eigenvalue weighted by Gasteiger charge is -2.05. The predicted molar refractivity (Wildman–Crippen MR) is 84.2 cm³/mol. The Labute approximate surface area is 136 Å². The Morgan fingerprint density at radius 2 is 2.08 bits per heavy atom. The molecule has 0 saturated carbocycles. The van der Waals surface area contributed by atoms with Gasteiger partial charge in [0.25, 0.3) is 5.91 Å². The minimum Gasteiger partial charge on any atom is -0.452 e. The monoisotopic (exact) mass is 326 g/mol. The van der Waals surface area contributed by atoms with Crippen LogP contribution in [0.5, 0.6) is 0 Å². The molecule has 0 atom stereocenters. The van der Waals surface area contributed by atoms with E-state index in [0.717, 1.165) is 5.56 Å². The third kappa shape index (κ3) is 3.67. The number of H-pyrrole nitrogens is 1. The molecule has 0 saturated heterocycles. The van der Waals surface area contributed by atoms with Crippen LogP contribution in [0.3, 0.4) is 0 Å². The summed E-state index contributed by atoms with van der Waals surface area (Å²) in [5, 5.41) is 6.08. The molecule has 8 heteroatoms. The minimum absolute atomic E-state index is 0.274. The first kappa shape index (κ1) is 15.5. The van der Waals surface area contributed by atoms with Gasteiger partial charge in [-0.3, -0.25) is 4.79 Å². The van der Waals surface area contributed by atoms with Gasteiger partial charge < -0.3 is 19.6 Å². The van der Waals surface area contributed by atoms with E-state index >= 15 is 0 Å². The maximum Gasteiger partial charge on any atom is 0.338 e. The summed E-state index contributed by atoms with van der Waals surface area (Å²) in [4.78, 5) is 30.7. The molecule has 0 fully saturated rings. The van der Waals surface area contributed by atoms with Gasteiger partial charge in [-0.2, -0.15) is 0 Å². The summed E-state index contributed by atoms with van der Waals surface area (Å²) in [5.41, 5.74) is 1.19. The van der Waals surface area contributed by atoms with E-state index in [1.807, 2.05) is 0 Å². The first-order chi connectivity index (χ1) is 11.6. The number of aromatic amines is 1. The molecular weight excluding hydrogens is 312 g/mol. The van der Waals surface area contributed by atoms with Gasteiger partial charge in [0.2, 0.25) is 0 Å². The molecule has 2 N–H and O–H groups in total. The topological polar surface area (TPSA) is 110 Å². The van der Waals surface area contributed by atoms with Crippen LogP contribution in [0, 0.1) is 6.92 Å². The average molecular weight is 326 g/mol. The van der Waals surface area contributed by atoms with Crippen LogP contribution in [0.1, 0.15) is 16.1 Å². The van der Waals surface area contributed by atoms with E-state index < -0.39 is 18.5 Å². The molecule has 3 aromatic rings. The second-order valence-corrected chi connectivity index (χ2v) is 4.96. The predicted octanol–water partition coefficient (Wildman–Crippen LogP) is 2.17. The van der Waals surface area contributed by atoms with Gasteiger partial charge in [-0.25, -0.2) is 9.78 Å². The zero-order valence-electron chi connectivity index (χ0n) is 12.8. The van der Waals surface area contributed by atoms with Crippen LogP contribution in [0.2, 0.25) is 0 Å². The van der Waals surface area contributed by atoms with Crippen molar-refractivity contribution in [1.82, 2.24) is 15.1 Å². The summed E-state index contributed by atoms with van der Waals surface area (Å²) in [6, 6.07) is 8.27. The Morgan fingerprint density at radius 1 is 1.29 bits per heavy atom. The SMILES string of the molecule is Cc1cc(NC(=O)COC(=O)c2ccc(-c3ncc[nH]3)cc2)no1. The molecule has 0 unspecified atom stereocenters. The molecule has 0 aliphatic carbocycles. The van der Waals surface area contributed by atoms with E-state index in [1.54, 1.807) is 49.6 Å². The molecule has 0 radical (unpaired) electrons. The average Bonchev–Trinajstić information content (AvgIpc) is 3.25. The van der Waals surface area contributed by atoms with Crippen molar-refractivity contribution in [1.29, 1.82) is 0 Å². The van der Waals surface area contributed by atoms with E-state index in [-0.39, 0.29) is 5.82 Å². The molecule has 0 spiro atoms. The second-order valence-electron chi connectivity index (χ2n) is 4.96. The maximum atomic E-state index is 11.9. The number of aromatic nitrogens is 3. The summed E-state index contributed by atoms with van der Waals surface area (Å²) in [7, 11) is 0. The number of aryl methyl sites for hydroxylation is 1. The molecule has 0 bridgehead atoms. The number of amides is 1. The zero-order chi connectivity index (χ0) is 16.9. The van der Waals surface area contributed by atoms with E-state index in [9.17, 15) is 9.59 Å². The highest BCUT2D eigenvalue weighted by molar-refractivity contribution is 5.95. The Morgan fingerprint density at radius 3 is 2.71 bits per heavy atom. The Hall–Kier alpha value is -3.42. The number of anilines is 1. The summed E-state index contributed by atoms with van der Waals surface area (Å²) >= 11 is 0. The van der Waals surface area contributed by atoms with Crippen molar-refractivity contribution in [2.24, 2.45) is 0 Å². The maximum absolute atomic E-state index is 11.9. The van der Waals surface area contributed by atoms with Crippen molar-refractivity contribution in [3.63, 3.8) is 0 Å². The van der Waals surface area contributed by atoms with Gasteiger partial charge in [0.05, 0.1) is 5.56 Å². The third-order valence-electron chi connectivity index (χ3n) is 3.12. The molecule has 0 aliphatic rings. The summed E-state index contributed by atoms with van der Waals surface area (Å²) in [6.07, 6.45) is 3.36. The van der Waals surface area contributed by atoms with Crippen LogP contribution >= 0.6 is 0 Å². The van der Waals surface area contributed by atoms with Gasteiger partial charge in [-0.1, -0.05) is 17.3 Å². The molecule has 3 rings (SSSR count). The molecule has 0 aliphatic heterocycles. The zero-order valence-corrected chi connectivity index (χ0v) is 12.8. The van der Waals surface area contributed by atoms with Crippen LogP contribution in [0.4, 0.5) is 5.82 Å². The van der Waals surface area contributed by atoms with Crippen molar-refractivity contribution in [3.8, 4) is 11.4 Å². The van der Waals surface area contributed by atoms with Gasteiger partial charge in [0.1, 0.15) is 11.6 Å². The summed E-state index contributed by atoms with van der Waals surface area (Å²) in [6.45, 7) is 1.29. The molecule has 2 heterocycles. The smallest absolute Gasteiger partial charge is 0.338 e. The van der Waals surface area contributed by atoms with Gasteiger partial charge in [0.15, 0.2) is 12.4 Å². The standard InChI is InChI=1S/C16H14N4O4/c1-10-8-13(20-24-10)19-14(21)9-23-16(22)12-4-2-11(3-5-12)15-17-6-7-18-15/h2-8H,9H2,1H3,(H,17,18)(H,19,20,21). The van der Waals surface area contributed by atoms with Gasteiger partial charge in [0, 0.05) is 24.0 Å². The van der Waals surface area contributed by atoms with Crippen LogP contribution in [0.25, 0.3) is 11.4 Å². The fraction of sp³-hybridized carbons (Fsp3) is 0.125. The number of imidazole rings is 1. The molecular formula is C16H14N4O4. The van der Waals surface area contributed by atoms with Crippen LogP contribution < -0.4 is 5.32 Å². The largest absolute Gasteiger partial charge is 0.452 e. The number of ether oxygens (including phenoxy) is 1. The van der Waals surface area contributed by atoms with Gasteiger partial charge >= 0.3 is 5.97 Å². The fourth-order valence-electron chi connectivity index (χ4n) is 2.01. The summed E-state index contributed by atoms with van der Waals surface area (Å²) < 4.78 is 9.79. The quantitative estimate of drug-likeness (QED) is 0.695. The molecule has 24 heavy (non-hydrogen) atoms. The molecule has 8 nitrogen and oxygen atoms in total. The first-order valence-electron chi connectivity index (χ1n) is 7.12. The fourth-order valence-corrected chi connectivity index (χ4v) is 2.01. The van der Waals surface area contributed by atoms with Crippen molar-refractivity contribution >= 4 is 17.7 Å². The number of carbonyl (C=O) groups excluding carboxylic acids is 2. The third-order valence-corrected chi connectivity index (χ3v) is 3.12. The number of nitrogens with zero attached hydrogens (tertiary/aromatic N) is 2. The van der Waals surface area contributed by atoms with Crippen LogP contribution in [-0.4, -0.2) is 33.6 Å². The first-order valence-corrected chi connectivity index (χ1v) is 7.12. The highest BCUT2D eigenvalue weighted by Crippen LogP contribution is 2.15. The number of rotatable bonds is 5. The van der Waals surface area contributed by atoms with Crippen molar-refractivity contribution < 1.29 is 18.8 Å². The van der Waals surface area contributed by atoms with E-state index in [2.05, 4.69) is 20.4 Å². The number of hydrogen-bond acceptors (Lipinski definition) is 6. The number of benzene rings is 1. The Kier molecular flexibility index (Phi) is 4.37. The number of hydrogen-bond donors (Lipinski definition) is 2. The van der Waals surface area contributed by atoms with Gasteiger partial charge in [-0.15, -0.1) is 0 Å². The molecule has 1 amide bonds. The van der Waals surface area contributed by atoms with Crippen molar-refractivity contribution in [2.45, 2.75) is 6.92 Å². The highest BCUT2D eigenvalue weighted by atomic mass is 16.5. The second kappa shape index (κ2) is 6.78. The number of nitrogens with one attached hydrogen (secondary N) is 2.